The molecular formula is C25H26N6O3S. The zero-order chi connectivity index (χ0) is 24.2. The Morgan fingerprint density at radius 2 is 1.97 bits per heavy atom. The minimum atomic E-state index is -0.575. The van der Waals surface area contributed by atoms with Crippen molar-refractivity contribution in [1.82, 2.24) is 25.1 Å². The Bertz CT molecular complexity index is 1330. The zero-order valence-electron chi connectivity index (χ0n) is 19.2. The lowest BCUT2D eigenvalue weighted by atomic mass is 10.1. The molecule has 10 heteroatoms. The summed E-state index contributed by atoms with van der Waals surface area (Å²) in [6.07, 6.45) is 3.98. The van der Waals surface area contributed by atoms with Crippen molar-refractivity contribution in [3.8, 4) is 11.4 Å². The van der Waals surface area contributed by atoms with E-state index in [0.29, 0.717) is 17.4 Å². The molecule has 0 spiro atoms. The molecular weight excluding hydrogens is 464 g/mol. The van der Waals surface area contributed by atoms with Gasteiger partial charge in [0.1, 0.15) is 0 Å². The lowest BCUT2D eigenvalue weighted by Gasteiger charge is -2.16. The summed E-state index contributed by atoms with van der Waals surface area (Å²) in [5.74, 6) is 0.304. The first-order valence-corrected chi connectivity index (χ1v) is 12.4. The molecule has 1 saturated heterocycles. The quantitative estimate of drug-likeness (QED) is 0.330. The smallest absolute Gasteiger partial charge is 0.325 e. The Balaban J connectivity index is 1.35. The SMILES string of the molecule is CC(Sc1nnc(-c2c[nH]c3ccccc23)n1CC1CCCO1)C(=O)NC(=O)Nc1ccccc1. The first kappa shape index (κ1) is 23.1. The molecule has 4 aromatic rings. The standard InChI is InChI=1S/C25H26N6O3S/c1-16(23(32)28-24(33)27-17-8-3-2-4-9-17)35-25-30-29-22(31(25)15-18-10-7-13-34-18)20-14-26-21-12-6-5-11-19(20)21/h2-6,8-9,11-12,14,16,18,26H,7,10,13,15H2,1H3,(H2,27,28,32,33). The second-order valence-corrected chi connectivity index (χ2v) is 9.68. The number of aromatic nitrogens is 4. The van der Waals surface area contributed by atoms with Crippen molar-refractivity contribution in [2.45, 2.75) is 42.8 Å². The number of anilines is 1. The maximum Gasteiger partial charge on any atom is 0.325 e. The molecule has 9 nitrogen and oxygen atoms in total. The topological polar surface area (TPSA) is 114 Å². The number of imide groups is 1. The van der Waals surface area contributed by atoms with Crippen LogP contribution in [-0.2, 0) is 16.1 Å². The summed E-state index contributed by atoms with van der Waals surface area (Å²) in [4.78, 5) is 28.3. The Labute approximate surface area is 206 Å². The number of hydrogen-bond acceptors (Lipinski definition) is 6. The molecule has 0 radical (unpaired) electrons. The van der Waals surface area contributed by atoms with Crippen LogP contribution in [-0.4, -0.2) is 49.6 Å². The van der Waals surface area contributed by atoms with Crippen molar-refractivity contribution in [3.63, 3.8) is 0 Å². The largest absolute Gasteiger partial charge is 0.376 e. The number of aromatic amines is 1. The molecule has 3 N–H and O–H groups in total. The molecule has 5 rings (SSSR count). The average Bonchev–Trinajstić information content (AvgIpc) is 3.61. The third kappa shape index (κ3) is 5.23. The third-order valence-electron chi connectivity index (χ3n) is 5.88. The van der Waals surface area contributed by atoms with Crippen LogP contribution in [0, 0.1) is 0 Å². The predicted octanol–water partition coefficient (Wildman–Crippen LogP) is 4.43. The molecule has 1 aliphatic heterocycles. The number of rotatable bonds is 7. The molecule has 1 fully saturated rings. The van der Waals surface area contributed by atoms with Crippen LogP contribution in [0.5, 0.6) is 0 Å². The van der Waals surface area contributed by atoms with Crippen molar-refractivity contribution in [1.29, 1.82) is 0 Å². The summed E-state index contributed by atoms with van der Waals surface area (Å²) >= 11 is 1.27. The van der Waals surface area contributed by atoms with Crippen molar-refractivity contribution >= 4 is 40.3 Å². The van der Waals surface area contributed by atoms with Gasteiger partial charge in [0.25, 0.3) is 0 Å². The molecule has 2 atom stereocenters. The first-order valence-electron chi connectivity index (χ1n) is 11.5. The Hall–Kier alpha value is -3.63. The van der Waals surface area contributed by atoms with Crippen LogP contribution in [0.15, 0.2) is 66.0 Å². The summed E-state index contributed by atoms with van der Waals surface area (Å²) in [6, 6.07) is 16.4. The summed E-state index contributed by atoms with van der Waals surface area (Å²) in [5.41, 5.74) is 2.57. The molecule has 1 aliphatic rings. The number of nitrogens with zero attached hydrogens (tertiary/aromatic N) is 3. The van der Waals surface area contributed by atoms with E-state index in [-0.39, 0.29) is 6.10 Å². The van der Waals surface area contributed by atoms with E-state index in [4.69, 9.17) is 4.74 Å². The van der Waals surface area contributed by atoms with Gasteiger partial charge in [-0.2, -0.15) is 0 Å². The number of nitrogens with one attached hydrogen (secondary N) is 3. The molecule has 0 saturated carbocycles. The van der Waals surface area contributed by atoms with Gasteiger partial charge in [-0.05, 0) is 38.0 Å². The number of carbonyl (C=O) groups excluding carboxylic acids is 2. The van der Waals surface area contributed by atoms with E-state index in [9.17, 15) is 9.59 Å². The minimum absolute atomic E-state index is 0.0649. The molecule has 35 heavy (non-hydrogen) atoms. The van der Waals surface area contributed by atoms with Crippen molar-refractivity contribution < 1.29 is 14.3 Å². The van der Waals surface area contributed by atoms with Gasteiger partial charge in [0, 0.05) is 35.0 Å². The van der Waals surface area contributed by atoms with Gasteiger partial charge in [-0.3, -0.25) is 14.7 Å². The number of urea groups is 1. The fraction of sp³-hybridized carbons (Fsp3) is 0.280. The van der Waals surface area contributed by atoms with Crippen molar-refractivity contribution in [2.75, 3.05) is 11.9 Å². The van der Waals surface area contributed by atoms with Crippen LogP contribution >= 0.6 is 11.8 Å². The summed E-state index contributed by atoms with van der Waals surface area (Å²) < 4.78 is 7.90. The first-order chi connectivity index (χ1) is 17.1. The average molecular weight is 491 g/mol. The lowest BCUT2D eigenvalue weighted by Crippen LogP contribution is -2.39. The summed E-state index contributed by atoms with van der Waals surface area (Å²) in [5, 5.41) is 15.0. The van der Waals surface area contributed by atoms with Crippen molar-refractivity contribution in [2.24, 2.45) is 0 Å². The Kier molecular flexibility index (Phi) is 6.82. The van der Waals surface area contributed by atoms with Crippen LogP contribution in [0.2, 0.25) is 0 Å². The Morgan fingerprint density at radius 3 is 2.77 bits per heavy atom. The van der Waals surface area contributed by atoms with E-state index in [1.165, 1.54) is 11.8 Å². The highest BCUT2D eigenvalue weighted by molar-refractivity contribution is 8.00. The van der Waals surface area contributed by atoms with Crippen LogP contribution in [0.1, 0.15) is 19.8 Å². The van der Waals surface area contributed by atoms with Gasteiger partial charge in [0.2, 0.25) is 5.91 Å². The molecule has 3 heterocycles. The third-order valence-corrected chi connectivity index (χ3v) is 6.96. The van der Waals surface area contributed by atoms with Gasteiger partial charge in [-0.15, -0.1) is 10.2 Å². The Morgan fingerprint density at radius 1 is 1.17 bits per heavy atom. The van der Waals surface area contributed by atoms with Gasteiger partial charge in [0.05, 0.1) is 17.9 Å². The predicted molar refractivity (Wildman–Crippen MR) is 135 cm³/mol. The summed E-state index contributed by atoms with van der Waals surface area (Å²) in [7, 11) is 0. The molecule has 0 aliphatic carbocycles. The van der Waals surface area contributed by atoms with E-state index in [0.717, 1.165) is 41.7 Å². The van der Waals surface area contributed by atoms with Crippen LogP contribution in [0.3, 0.4) is 0 Å². The van der Waals surface area contributed by atoms with Gasteiger partial charge in [-0.1, -0.05) is 48.2 Å². The van der Waals surface area contributed by atoms with E-state index in [1.54, 1.807) is 19.1 Å². The number of amides is 3. The molecule has 2 unspecified atom stereocenters. The van der Waals surface area contributed by atoms with Gasteiger partial charge in [0.15, 0.2) is 11.0 Å². The van der Waals surface area contributed by atoms with Gasteiger partial charge < -0.3 is 15.0 Å². The summed E-state index contributed by atoms with van der Waals surface area (Å²) in [6.45, 7) is 3.08. The highest BCUT2D eigenvalue weighted by Gasteiger charge is 2.26. The second kappa shape index (κ2) is 10.3. The maximum absolute atomic E-state index is 12.7. The molecule has 180 valence electrons. The van der Waals surface area contributed by atoms with Crippen LogP contribution < -0.4 is 10.6 Å². The molecule has 0 bridgehead atoms. The fourth-order valence-corrected chi connectivity index (χ4v) is 4.96. The van der Waals surface area contributed by atoms with E-state index in [2.05, 4.69) is 25.8 Å². The lowest BCUT2D eigenvalue weighted by molar-refractivity contribution is -0.119. The zero-order valence-corrected chi connectivity index (χ0v) is 20.0. The number of benzene rings is 2. The number of para-hydroxylation sites is 2. The van der Waals surface area contributed by atoms with Gasteiger partial charge >= 0.3 is 6.03 Å². The van der Waals surface area contributed by atoms with Crippen molar-refractivity contribution in [3.05, 3.63) is 60.8 Å². The number of fused-ring (bicyclic) bond motifs is 1. The highest BCUT2D eigenvalue weighted by Crippen LogP contribution is 2.32. The fourth-order valence-electron chi connectivity index (χ4n) is 4.10. The second-order valence-electron chi connectivity index (χ2n) is 8.37. The van der Waals surface area contributed by atoms with Crippen LogP contribution in [0.4, 0.5) is 10.5 Å². The maximum atomic E-state index is 12.7. The molecule has 3 amide bonds. The minimum Gasteiger partial charge on any atom is -0.376 e. The normalized spacial score (nSPS) is 16.3. The molecule has 2 aromatic carbocycles. The highest BCUT2D eigenvalue weighted by atomic mass is 32.2. The van der Waals surface area contributed by atoms with Crippen LogP contribution in [0.25, 0.3) is 22.3 Å². The monoisotopic (exact) mass is 490 g/mol. The van der Waals surface area contributed by atoms with E-state index < -0.39 is 17.2 Å². The number of carbonyl (C=O) groups is 2. The van der Waals surface area contributed by atoms with Gasteiger partial charge in [-0.25, -0.2) is 4.79 Å². The number of ether oxygens (including phenoxy) is 1. The molecule has 2 aromatic heterocycles. The number of H-pyrrole nitrogens is 1. The van der Waals surface area contributed by atoms with E-state index in [1.807, 2.05) is 53.2 Å². The number of hydrogen-bond donors (Lipinski definition) is 3. The number of thioether (sulfide) groups is 1. The van der Waals surface area contributed by atoms with E-state index >= 15 is 0 Å².